The van der Waals surface area contributed by atoms with E-state index < -0.39 is 0 Å². The van der Waals surface area contributed by atoms with E-state index in [2.05, 4.69) is 26.1 Å². The number of nitrogens with zero attached hydrogens (tertiary/aromatic N) is 1. The van der Waals surface area contributed by atoms with Crippen molar-refractivity contribution in [3.05, 3.63) is 0 Å². The van der Waals surface area contributed by atoms with Crippen molar-refractivity contribution in [3.8, 4) is 0 Å². The third-order valence-electron chi connectivity index (χ3n) is 2.44. The fourth-order valence-corrected chi connectivity index (χ4v) is 1.26. The fourth-order valence-electron chi connectivity index (χ4n) is 1.26. The van der Waals surface area contributed by atoms with Gasteiger partial charge < -0.3 is 10.4 Å². The summed E-state index contributed by atoms with van der Waals surface area (Å²) in [5.41, 5.74) is 0. The molecule has 0 rings (SSSR count). The number of nitrogens with one attached hydrogen (secondary N) is 1. The zero-order valence-corrected chi connectivity index (χ0v) is 9.54. The smallest absolute Gasteiger partial charge is 0.122 e. The Bertz CT molecular complexity index is 128. The first-order chi connectivity index (χ1) is 6.02. The van der Waals surface area contributed by atoms with Crippen molar-refractivity contribution >= 4 is 0 Å². The van der Waals surface area contributed by atoms with Gasteiger partial charge in [0.05, 0.1) is 0 Å². The molecule has 0 heterocycles. The first-order valence-corrected chi connectivity index (χ1v) is 5.13. The Kier molecular flexibility index (Phi) is 6.29. The molecular formula is C10H24N2O. The second-order valence-corrected chi connectivity index (χ2v) is 3.87. The molecule has 13 heavy (non-hydrogen) atoms. The zero-order valence-electron chi connectivity index (χ0n) is 9.54. The zero-order chi connectivity index (χ0) is 10.4. The molecule has 0 bridgehead atoms. The third kappa shape index (κ3) is 4.60. The molecule has 0 radical (unpaired) electrons. The van der Waals surface area contributed by atoms with Gasteiger partial charge in [-0.05, 0) is 33.9 Å². The highest BCUT2D eigenvalue weighted by atomic mass is 16.3. The lowest BCUT2D eigenvalue weighted by Gasteiger charge is -2.30. The molecular weight excluding hydrogens is 164 g/mol. The van der Waals surface area contributed by atoms with Gasteiger partial charge in [-0.1, -0.05) is 13.8 Å². The van der Waals surface area contributed by atoms with Crippen LogP contribution in [-0.2, 0) is 0 Å². The van der Waals surface area contributed by atoms with Crippen LogP contribution in [-0.4, -0.2) is 42.4 Å². The van der Waals surface area contributed by atoms with Crippen LogP contribution in [0.5, 0.6) is 0 Å². The quantitative estimate of drug-likeness (QED) is 0.611. The van der Waals surface area contributed by atoms with Crippen LogP contribution in [0.15, 0.2) is 0 Å². The standard InChI is InChI=1S/C10H24N2O/c1-6-8(3)11-9(7-2)10(13)12(4)5/h8-11,13H,6-7H2,1-5H3/t8?,9-,10-/m0/s1. The lowest BCUT2D eigenvalue weighted by molar-refractivity contribution is 0.00330. The molecule has 3 nitrogen and oxygen atoms in total. The van der Waals surface area contributed by atoms with Crippen molar-refractivity contribution in [2.75, 3.05) is 14.1 Å². The van der Waals surface area contributed by atoms with Crippen LogP contribution in [0.25, 0.3) is 0 Å². The third-order valence-corrected chi connectivity index (χ3v) is 2.44. The van der Waals surface area contributed by atoms with Gasteiger partial charge in [0, 0.05) is 12.1 Å². The molecule has 0 aromatic rings. The normalized spacial score (nSPS) is 18.7. The van der Waals surface area contributed by atoms with Crippen LogP contribution in [0.1, 0.15) is 33.6 Å². The first-order valence-electron chi connectivity index (χ1n) is 5.13. The summed E-state index contributed by atoms with van der Waals surface area (Å²) in [5.74, 6) is 0. The van der Waals surface area contributed by atoms with Crippen LogP contribution >= 0.6 is 0 Å². The Morgan fingerprint density at radius 1 is 1.23 bits per heavy atom. The van der Waals surface area contributed by atoms with E-state index in [-0.39, 0.29) is 12.3 Å². The molecule has 0 amide bonds. The minimum absolute atomic E-state index is 0.171. The average Bonchev–Trinajstić information content (AvgIpc) is 2.12. The SMILES string of the molecule is CCC(C)N[C@@H](CC)[C@H](O)N(C)C. The van der Waals surface area contributed by atoms with Crippen molar-refractivity contribution in [3.63, 3.8) is 0 Å². The fraction of sp³-hybridized carbons (Fsp3) is 1.00. The molecule has 80 valence electrons. The molecule has 0 aliphatic heterocycles. The van der Waals surface area contributed by atoms with E-state index in [4.69, 9.17) is 0 Å². The van der Waals surface area contributed by atoms with Crippen LogP contribution in [0.3, 0.4) is 0 Å². The number of likely N-dealkylation sites (N-methyl/N-ethyl adjacent to an activating group) is 1. The summed E-state index contributed by atoms with van der Waals surface area (Å²) >= 11 is 0. The molecule has 0 fully saturated rings. The van der Waals surface area contributed by atoms with E-state index in [0.717, 1.165) is 12.8 Å². The van der Waals surface area contributed by atoms with Gasteiger partial charge in [0.1, 0.15) is 6.23 Å². The summed E-state index contributed by atoms with van der Waals surface area (Å²) in [5, 5.41) is 13.2. The van der Waals surface area contributed by atoms with Crippen molar-refractivity contribution in [1.29, 1.82) is 0 Å². The highest BCUT2D eigenvalue weighted by molar-refractivity contribution is 4.75. The van der Waals surface area contributed by atoms with E-state index in [1.165, 1.54) is 0 Å². The lowest BCUT2D eigenvalue weighted by Crippen LogP contribution is -2.49. The lowest BCUT2D eigenvalue weighted by atomic mass is 10.1. The van der Waals surface area contributed by atoms with Gasteiger partial charge in [-0.15, -0.1) is 0 Å². The van der Waals surface area contributed by atoms with Crippen molar-refractivity contribution < 1.29 is 5.11 Å². The minimum Gasteiger partial charge on any atom is -0.377 e. The van der Waals surface area contributed by atoms with Crippen LogP contribution in [0, 0.1) is 0 Å². The van der Waals surface area contributed by atoms with E-state index in [1.54, 1.807) is 0 Å². The predicted octanol–water partition coefficient (Wildman–Crippen LogP) is 1.03. The molecule has 0 aromatic carbocycles. The molecule has 0 saturated heterocycles. The molecule has 0 aromatic heterocycles. The highest BCUT2D eigenvalue weighted by Gasteiger charge is 2.19. The minimum atomic E-state index is -0.390. The van der Waals surface area contributed by atoms with E-state index in [9.17, 15) is 5.11 Å². The molecule has 0 aliphatic carbocycles. The molecule has 3 atom stereocenters. The Morgan fingerprint density at radius 3 is 2.08 bits per heavy atom. The largest absolute Gasteiger partial charge is 0.377 e. The maximum Gasteiger partial charge on any atom is 0.122 e. The van der Waals surface area contributed by atoms with Gasteiger partial charge in [-0.25, -0.2) is 0 Å². The molecule has 1 unspecified atom stereocenters. The number of aliphatic hydroxyl groups excluding tert-OH is 1. The average molecular weight is 188 g/mol. The summed E-state index contributed by atoms with van der Waals surface area (Å²) in [7, 11) is 3.79. The molecule has 0 saturated carbocycles. The summed E-state index contributed by atoms with van der Waals surface area (Å²) in [6.07, 6.45) is 1.65. The molecule has 0 spiro atoms. The van der Waals surface area contributed by atoms with Gasteiger partial charge in [0.15, 0.2) is 0 Å². The van der Waals surface area contributed by atoms with Crippen molar-refractivity contribution in [1.82, 2.24) is 10.2 Å². The maximum absolute atomic E-state index is 9.79. The van der Waals surface area contributed by atoms with E-state index >= 15 is 0 Å². The first kappa shape index (κ1) is 12.9. The Hall–Kier alpha value is -0.120. The van der Waals surface area contributed by atoms with Crippen molar-refractivity contribution in [2.24, 2.45) is 0 Å². The van der Waals surface area contributed by atoms with Crippen LogP contribution in [0.2, 0.25) is 0 Å². The van der Waals surface area contributed by atoms with Crippen LogP contribution < -0.4 is 5.32 Å². The second-order valence-electron chi connectivity index (χ2n) is 3.87. The predicted molar refractivity (Wildman–Crippen MR) is 56.7 cm³/mol. The summed E-state index contributed by atoms with van der Waals surface area (Å²) < 4.78 is 0. The van der Waals surface area contributed by atoms with Gasteiger partial charge in [-0.3, -0.25) is 4.90 Å². The Balaban J connectivity index is 4.01. The van der Waals surface area contributed by atoms with Crippen molar-refractivity contribution in [2.45, 2.75) is 51.9 Å². The molecule has 2 N–H and O–H groups in total. The summed E-state index contributed by atoms with van der Waals surface area (Å²) in [6, 6.07) is 0.643. The van der Waals surface area contributed by atoms with Gasteiger partial charge in [0.25, 0.3) is 0 Å². The number of hydrogen-bond donors (Lipinski definition) is 2. The van der Waals surface area contributed by atoms with Gasteiger partial charge in [0.2, 0.25) is 0 Å². The van der Waals surface area contributed by atoms with E-state index in [0.29, 0.717) is 6.04 Å². The van der Waals surface area contributed by atoms with Gasteiger partial charge >= 0.3 is 0 Å². The summed E-state index contributed by atoms with van der Waals surface area (Å²) in [4.78, 5) is 1.84. The maximum atomic E-state index is 9.79. The highest BCUT2D eigenvalue weighted by Crippen LogP contribution is 2.03. The van der Waals surface area contributed by atoms with Gasteiger partial charge in [-0.2, -0.15) is 0 Å². The van der Waals surface area contributed by atoms with E-state index in [1.807, 2.05) is 19.0 Å². The number of aliphatic hydroxyl groups is 1. The second kappa shape index (κ2) is 6.35. The number of rotatable bonds is 6. The number of hydrogen-bond acceptors (Lipinski definition) is 3. The summed E-state index contributed by atoms with van der Waals surface area (Å²) in [6.45, 7) is 6.38. The molecule has 0 aliphatic rings. The monoisotopic (exact) mass is 188 g/mol. The molecule has 3 heteroatoms. The Morgan fingerprint density at radius 2 is 1.77 bits per heavy atom. The Labute approximate surface area is 82.1 Å². The van der Waals surface area contributed by atoms with Crippen LogP contribution in [0.4, 0.5) is 0 Å². The topological polar surface area (TPSA) is 35.5 Å².